The number of fused-ring (bicyclic) bond motifs is 1. The Balaban J connectivity index is 1.51. The highest BCUT2D eigenvalue weighted by atomic mass is 16.5. The monoisotopic (exact) mass is 461 g/mol. The number of ether oxygens (including phenoxy) is 1. The molecule has 2 N–H and O–H groups in total. The van der Waals surface area contributed by atoms with Crippen molar-refractivity contribution in [1.29, 1.82) is 0 Å². The van der Waals surface area contributed by atoms with Gasteiger partial charge in [0.25, 0.3) is 0 Å². The normalized spacial score (nSPS) is 18.1. The second-order valence-electron chi connectivity index (χ2n) is 9.69. The third-order valence-electron chi connectivity index (χ3n) is 6.82. The summed E-state index contributed by atoms with van der Waals surface area (Å²) in [6.45, 7) is 4.65. The van der Waals surface area contributed by atoms with Crippen LogP contribution in [-0.2, 0) is 4.79 Å². The Morgan fingerprint density at radius 2 is 2.00 bits per heavy atom. The van der Waals surface area contributed by atoms with Crippen LogP contribution in [0.4, 0.5) is 23.1 Å². The second-order valence-corrected chi connectivity index (χ2v) is 9.69. The highest BCUT2D eigenvalue weighted by molar-refractivity contribution is 6.00. The number of methoxy groups -OCH3 is 1. The van der Waals surface area contributed by atoms with Crippen molar-refractivity contribution >= 4 is 29.0 Å². The molecule has 2 aromatic heterocycles. The number of rotatable bonds is 5. The first-order valence-electron chi connectivity index (χ1n) is 11.7. The van der Waals surface area contributed by atoms with Crippen LogP contribution in [0.2, 0.25) is 0 Å². The molecular weight excluding hydrogens is 430 g/mol. The molecule has 1 saturated carbocycles. The topological polar surface area (TPSA) is 99.3 Å². The fraction of sp³-hybridized carbons (Fsp3) is 0.440. The van der Waals surface area contributed by atoms with Crippen LogP contribution in [0.25, 0.3) is 11.4 Å². The van der Waals surface area contributed by atoms with Gasteiger partial charge >= 0.3 is 0 Å². The molecule has 0 unspecified atom stereocenters. The minimum atomic E-state index is -0.517. The summed E-state index contributed by atoms with van der Waals surface area (Å²) in [6.07, 6.45) is 9.89. The lowest BCUT2D eigenvalue weighted by Gasteiger charge is -2.34. The lowest BCUT2D eigenvalue weighted by molar-refractivity contribution is -0.125. The Morgan fingerprint density at radius 3 is 2.71 bits per heavy atom. The quantitative estimate of drug-likeness (QED) is 0.582. The number of carbonyl (C=O) groups excluding carboxylic acids is 1. The number of carbonyl (C=O) groups is 1. The van der Waals surface area contributed by atoms with E-state index < -0.39 is 5.41 Å². The van der Waals surface area contributed by atoms with E-state index >= 15 is 0 Å². The Hall–Kier alpha value is -3.62. The highest BCUT2D eigenvalue weighted by Crippen LogP contribution is 2.40. The molecule has 1 aliphatic carbocycles. The molecule has 0 atom stereocenters. The van der Waals surface area contributed by atoms with Crippen molar-refractivity contribution in [3.05, 3.63) is 36.8 Å². The van der Waals surface area contributed by atoms with Gasteiger partial charge in [-0.25, -0.2) is 9.97 Å². The molecule has 1 fully saturated rings. The van der Waals surface area contributed by atoms with Crippen molar-refractivity contribution in [2.45, 2.75) is 45.6 Å². The molecule has 9 nitrogen and oxygen atoms in total. The SMILES string of the molecule is COc1cc(-c2ncc[nH]2)ccc1Nc1ncc2c(n1)N(C1CCCC1)CC(C)(C)C(=O)N2C. The highest BCUT2D eigenvalue weighted by Gasteiger charge is 2.41. The minimum Gasteiger partial charge on any atom is -0.495 e. The number of amides is 1. The third kappa shape index (κ3) is 3.95. The summed E-state index contributed by atoms with van der Waals surface area (Å²) < 4.78 is 5.63. The molecule has 34 heavy (non-hydrogen) atoms. The van der Waals surface area contributed by atoms with Gasteiger partial charge in [0, 0.05) is 37.6 Å². The summed E-state index contributed by atoms with van der Waals surface area (Å²) >= 11 is 0. The van der Waals surface area contributed by atoms with Crippen molar-refractivity contribution in [2.24, 2.45) is 5.41 Å². The Morgan fingerprint density at radius 1 is 1.21 bits per heavy atom. The molecule has 1 aromatic carbocycles. The predicted octanol–water partition coefficient (Wildman–Crippen LogP) is 4.37. The largest absolute Gasteiger partial charge is 0.495 e. The number of benzene rings is 1. The van der Waals surface area contributed by atoms with Crippen LogP contribution in [0.15, 0.2) is 36.8 Å². The first-order chi connectivity index (χ1) is 16.4. The van der Waals surface area contributed by atoms with Crippen LogP contribution in [0.3, 0.4) is 0 Å². The maximum atomic E-state index is 13.2. The van der Waals surface area contributed by atoms with E-state index in [1.165, 1.54) is 12.8 Å². The van der Waals surface area contributed by atoms with E-state index in [4.69, 9.17) is 9.72 Å². The maximum absolute atomic E-state index is 13.2. The van der Waals surface area contributed by atoms with Gasteiger partial charge in [-0.3, -0.25) is 4.79 Å². The maximum Gasteiger partial charge on any atom is 0.234 e. The number of anilines is 4. The number of aromatic nitrogens is 4. The molecule has 3 heterocycles. The van der Waals surface area contributed by atoms with Crippen LogP contribution in [0.5, 0.6) is 5.75 Å². The standard InChI is InChI=1S/C25H31N7O2/c1-25(2)15-32(17-7-5-6-8-17)22-19(31(3)23(25)33)14-28-24(30-22)29-18-10-9-16(13-20(18)34-4)21-26-11-12-27-21/h9-14,17H,5-8,15H2,1-4H3,(H,26,27)(H,28,29,30). The van der Waals surface area contributed by atoms with E-state index in [2.05, 4.69) is 25.2 Å². The van der Waals surface area contributed by atoms with Crippen LogP contribution < -0.4 is 19.9 Å². The molecule has 5 rings (SSSR count). The van der Waals surface area contributed by atoms with E-state index in [0.717, 1.165) is 41.4 Å². The van der Waals surface area contributed by atoms with Crippen LogP contribution in [0.1, 0.15) is 39.5 Å². The third-order valence-corrected chi connectivity index (χ3v) is 6.82. The number of nitrogens with one attached hydrogen (secondary N) is 2. The number of H-pyrrole nitrogens is 1. The zero-order valence-electron chi connectivity index (χ0n) is 20.1. The zero-order chi connectivity index (χ0) is 23.9. The Kier molecular flexibility index (Phi) is 5.63. The van der Waals surface area contributed by atoms with E-state index in [0.29, 0.717) is 24.3 Å². The van der Waals surface area contributed by atoms with Gasteiger partial charge in [-0.15, -0.1) is 0 Å². The summed E-state index contributed by atoms with van der Waals surface area (Å²) in [5, 5.41) is 3.32. The number of hydrogen-bond donors (Lipinski definition) is 2. The van der Waals surface area contributed by atoms with Gasteiger partial charge in [-0.05, 0) is 44.9 Å². The van der Waals surface area contributed by atoms with Crippen molar-refractivity contribution in [1.82, 2.24) is 19.9 Å². The first-order valence-corrected chi connectivity index (χ1v) is 11.7. The molecule has 0 radical (unpaired) electrons. The van der Waals surface area contributed by atoms with Gasteiger partial charge in [0.05, 0.1) is 24.4 Å². The average Bonchev–Trinajstić information content (AvgIpc) is 3.55. The van der Waals surface area contributed by atoms with E-state index in [9.17, 15) is 4.79 Å². The van der Waals surface area contributed by atoms with Gasteiger partial charge in [-0.1, -0.05) is 12.8 Å². The molecule has 178 valence electrons. The molecular formula is C25H31N7O2. The molecule has 2 aliphatic rings. The Labute approximate surface area is 199 Å². The van der Waals surface area contributed by atoms with Crippen molar-refractivity contribution in [2.75, 3.05) is 35.8 Å². The predicted molar refractivity (Wildman–Crippen MR) is 133 cm³/mol. The number of aromatic amines is 1. The number of imidazole rings is 1. The van der Waals surface area contributed by atoms with Crippen molar-refractivity contribution in [3.63, 3.8) is 0 Å². The molecule has 0 spiro atoms. The summed E-state index contributed by atoms with van der Waals surface area (Å²) in [6, 6.07) is 6.19. The summed E-state index contributed by atoms with van der Waals surface area (Å²) in [5.74, 6) is 2.78. The molecule has 1 amide bonds. The number of hydrogen-bond acceptors (Lipinski definition) is 7. The number of nitrogens with zero attached hydrogens (tertiary/aromatic N) is 5. The van der Waals surface area contributed by atoms with Gasteiger partial charge in [0.1, 0.15) is 17.3 Å². The smallest absolute Gasteiger partial charge is 0.234 e. The lowest BCUT2D eigenvalue weighted by Crippen LogP contribution is -2.45. The molecule has 3 aromatic rings. The lowest BCUT2D eigenvalue weighted by atomic mass is 9.91. The van der Waals surface area contributed by atoms with E-state index in [1.807, 2.05) is 39.1 Å². The van der Waals surface area contributed by atoms with Crippen LogP contribution >= 0.6 is 0 Å². The minimum absolute atomic E-state index is 0.0775. The van der Waals surface area contributed by atoms with Crippen molar-refractivity contribution < 1.29 is 9.53 Å². The summed E-state index contributed by atoms with van der Waals surface area (Å²) in [4.78, 5) is 34.1. The van der Waals surface area contributed by atoms with Crippen molar-refractivity contribution in [3.8, 4) is 17.1 Å². The van der Waals surface area contributed by atoms with Gasteiger partial charge in [-0.2, -0.15) is 4.98 Å². The molecule has 0 saturated heterocycles. The van der Waals surface area contributed by atoms with E-state index in [-0.39, 0.29) is 5.91 Å². The molecule has 0 bridgehead atoms. The fourth-order valence-electron chi connectivity index (χ4n) is 5.01. The van der Waals surface area contributed by atoms with E-state index in [1.54, 1.807) is 30.6 Å². The first kappa shape index (κ1) is 22.2. The summed E-state index contributed by atoms with van der Waals surface area (Å²) in [7, 11) is 3.45. The van der Waals surface area contributed by atoms with Gasteiger partial charge < -0.3 is 24.8 Å². The summed E-state index contributed by atoms with van der Waals surface area (Å²) in [5.41, 5.74) is 1.90. The zero-order valence-corrected chi connectivity index (χ0v) is 20.1. The second kappa shape index (κ2) is 8.62. The van der Waals surface area contributed by atoms with Gasteiger partial charge in [0.15, 0.2) is 5.82 Å². The molecule has 9 heteroatoms. The van der Waals surface area contributed by atoms with Crippen LogP contribution in [0, 0.1) is 5.41 Å². The fourth-order valence-corrected chi connectivity index (χ4v) is 5.01. The van der Waals surface area contributed by atoms with Crippen LogP contribution in [-0.4, -0.2) is 52.6 Å². The Bertz CT molecular complexity index is 1190. The average molecular weight is 462 g/mol. The van der Waals surface area contributed by atoms with Gasteiger partial charge in [0.2, 0.25) is 11.9 Å². The molecule has 1 aliphatic heterocycles.